The Bertz CT molecular complexity index is 1160. The summed E-state index contributed by atoms with van der Waals surface area (Å²) < 4.78 is 0. The number of amides is 2. The minimum Gasteiger partial charge on any atom is -0.355 e. The number of benzene rings is 3. The highest BCUT2D eigenvalue weighted by molar-refractivity contribution is 6.07. The van der Waals surface area contributed by atoms with Gasteiger partial charge in [0.15, 0.2) is 0 Å². The third-order valence-electron chi connectivity index (χ3n) is 7.28. The van der Waals surface area contributed by atoms with E-state index in [1.54, 1.807) is 0 Å². The lowest BCUT2D eigenvalue weighted by molar-refractivity contribution is -0.125. The molecule has 37 heavy (non-hydrogen) atoms. The highest BCUT2D eigenvalue weighted by atomic mass is 16.2. The van der Waals surface area contributed by atoms with Crippen molar-refractivity contribution in [2.75, 3.05) is 19.6 Å². The maximum Gasteiger partial charge on any atom is 0.252 e. The van der Waals surface area contributed by atoms with E-state index in [-0.39, 0.29) is 23.9 Å². The molecule has 1 fully saturated rings. The van der Waals surface area contributed by atoms with Crippen molar-refractivity contribution in [2.24, 2.45) is 5.92 Å². The molecule has 0 aromatic heterocycles. The van der Waals surface area contributed by atoms with E-state index in [9.17, 15) is 9.59 Å². The molecule has 196 valence electrons. The summed E-state index contributed by atoms with van der Waals surface area (Å²) in [6.07, 6.45) is 5.85. The van der Waals surface area contributed by atoms with Crippen LogP contribution in [-0.2, 0) is 11.2 Å². The van der Waals surface area contributed by atoms with Gasteiger partial charge in [0.05, 0.1) is 6.04 Å². The van der Waals surface area contributed by atoms with Crippen molar-refractivity contribution in [3.8, 4) is 0 Å². The molecule has 4 rings (SSSR count). The van der Waals surface area contributed by atoms with E-state index in [0.717, 1.165) is 55.8 Å². The van der Waals surface area contributed by atoms with Crippen molar-refractivity contribution < 1.29 is 9.59 Å². The Morgan fingerprint density at radius 2 is 1.70 bits per heavy atom. The molecule has 5 heteroatoms. The summed E-state index contributed by atoms with van der Waals surface area (Å²) in [4.78, 5) is 28.7. The van der Waals surface area contributed by atoms with E-state index in [1.165, 1.54) is 5.56 Å². The van der Waals surface area contributed by atoms with Gasteiger partial charge in [0.2, 0.25) is 5.91 Å². The zero-order chi connectivity index (χ0) is 26.0. The van der Waals surface area contributed by atoms with E-state index in [1.807, 2.05) is 48.5 Å². The van der Waals surface area contributed by atoms with E-state index in [0.29, 0.717) is 24.6 Å². The van der Waals surface area contributed by atoms with Gasteiger partial charge in [-0.15, -0.1) is 0 Å². The molecule has 0 saturated carbocycles. The van der Waals surface area contributed by atoms with Gasteiger partial charge in [-0.1, -0.05) is 80.6 Å². The molecule has 0 bridgehead atoms. The molecular formula is C32H41N3O2. The SMILES string of the molecule is CC(C)CC(CN1CCC[C@H]1C(=O)NCCCCc1ccccc1)NC(=O)c1cccc2ccccc12. The zero-order valence-corrected chi connectivity index (χ0v) is 22.3. The molecule has 1 aliphatic heterocycles. The van der Waals surface area contributed by atoms with Gasteiger partial charge in [0, 0.05) is 24.7 Å². The minimum atomic E-state index is -0.113. The van der Waals surface area contributed by atoms with Crippen LogP contribution in [-0.4, -0.2) is 48.4 Å². The lowest BCUT2D eigenvalue weighted by Crippen LogP contribution is -2.50. The highest BCUT2D eigenvalue weighted by Gasteiger charge is 2.32. The van der Waals surface area contributed by atoms with Gasteiger partial charge in [-0.2, -0.15) is 0 Å². The summed E-state index contributed by atoms with van der Waals surface area (Å²) in [5.41, 5.74) is 2.05. The second-order valence-corrected chi connectivity index (χ2v) is 10.7. The van der Waals surface area contributed by atoms with Gasteiger partial charge in [-0.05, 0) is 73.4 Å². The maximum atomic E-state index is 13.3. The number of likely N-dealkylation sites (tertiary alicyclic amines) is 1. The molecule has 2 atom stereocenters. The molecule has 0 spiro atoms. The molecule has 5 nitrogen and oxygen atoms in total. The zero-order valence-electron chi connectivity index (χ0n) is 22.3. The standard InChI is InChI=1S/C32H41N3O2/c1-24(2)22-27(34-31(36)29-18-10-16-26-15-6-7-17-28(26)29)23-35-21-11-19-30(35)32(37)33-20-9-8-14-25-12-4-3-5-13-25/h3-7,10,12-13,15-18,24,27,30H,8-9,11,14,19-23H2,1-2H3,(H,33,37)(H,34,36)/t27?,30-/m0/s1. The number of carbonyl (C=O) groups excluding carboxylic acids is 2. The third kappa shape index (κ3) is 7.65. The Balaban J connectivity index is 1.31. The van der Waals surface area contributed by atoms with Gasteiger partial charge in [0.25, 0.3) is 5.91 Å². The summed E-state index contributed by atoms with van der Waals surface area (Å²) >= 11 is 0. The van der Waals surface area contributed by atoms with Gasteiger partial charge < -0.3 is 10.6 Å². The molecule has 2 amide bonds. The third-order valence-corrected chi connectivity index (χ3v) is 7.28. The van der Waals surface area contributed by atoms with Crippen LogP contribution in [0.4, 0.5) is 0 Å². The number of hydrogen-bond donors (Lipinski definition) is 2. The van der Waals surface area contributed by atoms with Crippen LogP contribution in [0.3, 0.4) is 0 Å². The minimum absolute atomic E-state index is 0.00857. The summed E-state index contributed by atoms with van der Waals surface area (Å²) in [6, 6.07) is 24.2. The van der Waals surface area contributed by atoms with Crippen LogP contribution >= 0.6 is 0 Å². The topological polar surface area (TPSA) is 61.4 Å². The fraction of sp³-hybridized carbons (Fsp3) is 0.438. The molecule has 3 aromatic carbocycles. The Hall–Kier alpha value is -3.18. The first-order valence-electron chi connectivity index (χ1n) is 13.9. The predicted molar refractivity (Wildman–Crippen MR) is 152 cm³/mol. The molecule has 3 aromatic rings. The molecule has 1 aliphatic rings. The van der Waals surface area contributed by atoms with E-state index < -0.39 is 0 Å². The first-order chi connectivity index (χ1) is 18.0. The van der Waals surface area contributed by atoms with E-state index in [2.05, 4.69) is 53.6 Å². The molecule has 2 N–H and O–H groups in total. The Morgan fingerprint density at radius 3 is 2.51 bits per heavy atom. The number of rotatable bonds is 12. The average molecular weight is 500 g/mol. The lowest BCUT2D eigenvalue weighted by Gasteiger charge is -2.30. The van der Waals surface area contributed by atoms with Crippen molar-refractivity contribution in [3.05, 3.63) is 83.9 Å². The van der Waals surface area contributed by atoms with Crippen LogP contribution in [0.25, 0.3) is 10.8 Å². The van der Waals surface area contributed by atoms with Gasteiger partial charge >= 0.3 is 0 Å². The van der Waals surface area contributed by atoms with Crippen LogP contribution in [0.1, 0.15) is 61.9 Å². The van der Waals surface area contributed by atoms with Crippen molar-refractivity contribution in [1.29, 1.82) is 0 Å². The average Bonchev–Trinajstić information content (AvgIpc) is 3.36. The second-order valence-electron chi connectivity index (χ2n) is 10.7. The Morgan fingerprint density at radius 1 is 0.946 bits per heavy atom. The van der Waals surface area contributed by atoms with Crippen LogP contribution in [0.5, 0.6) is 0 Å². The maximum absolute atomic E-state index is 13.3. The number of unbranched alkanes of at least 4 members (excludes halogenated alkanes) is 1. The van der Waals surface area contributed by atoms with Crippen LogP contribution in [0.2, 0.25) is 0 Å². The molecule has 0 radical (unpaired) electrons. The summed E-state index contributed by atoms with van der Waals surface area (Å²) in [5, 5.41) is 8.51. The molecule has 0 aliphatic carbocycles. The number of hydrogen-bond acceptors (Lipinski definition) is 3. The monoisotopic (exact) mass is 499 g/mol. The largest absolute Gasteiger partial charge is 0.355 e. The van der Waals surface area contributed by atoms with Gasteiger partial charge in [0.1, 0.15) is 0 Å². The van der Waals surface area contributed by atoms with Crippen molar-refractivity contribution in [3.63, 3.8) is 0 Å². The molecule has 1 heterocycles. The number of nitrogens with one attached hydrogen (secondary N) is 2. The quantitative estimate of drug-likeness (QED) is 0.320. The fourth-order valence-electron chi connectivity index (χ4n) is 5.49. The van der Waals surface area contributed by atoms with E-state index >= 15 is 0 Å². The van der Waals surface area contributed by atoms with Crippen LogP contribution < -0.4 is 10.6 Å². The Labute approximate surface area is 221 Å². The summed E-state index contributed by atoms with van der Waals surface area (Å²) in [7, 11) is 0. The van der Waals surface area contributed by atoms with Crippen molar-refractivity contribution in [1.82, 2.24) is 15.5 Å². The Kier molecular flexibility index (Phi) is 9.72. The normalized spacial score (nSPS) is 16.7. The first kappa shape index (κ1) is 26.9. The summed E-state index contributed by atoms with van der Waals surface area (Å²) in [5.74, 6) is 0.527. The van der Waals surface area contributed by atoms with E-state index in [4.69, 9.17) is 0 Å². The number of fused-ring (bicyclic) bond motifs is 1. The second kappa shape index (κ2) is 13.4. The van der Waals surface area contributed by atoms with Crippen molar-refractivity contribution in [2.45, 2.75) is 64.5 Å². The van der Waals surface area contributed by atoms with Crippen LogP contribution in [0.15, 0.2) is 72.8 Å². The van der Waals surface area contributed by atoms with Crippen LogP contribution in [0, 0.1) is 5.92 Å². The highest BCUT2D eigenvalue weighted by Crippen LogP contribution is 2.21. The smallest absolute Gasteiger partial charge is 0.252 e. The van der Waals surface area contributed by atoms with Crippen molar-refractivity contribution >= 4 is 22.6 Å². The number of nitrogens with zero attached hydrogens (tertiary/aromatic N) is 1. The predicted octanol–water partition coefficient (Wildman–Crippen LogP) is 5.59. The number of aryl methyl sites for hydroxylation is 1. The van der Waals surface area contributed by atoms with Gasteiger partial charge in [-0.3, -0.25) is 14.5 Å². The molecule has 1 saturated heterocycles. The molecular weight excluding hydrogens is 458 g/mol. The molecule has 1 unspecified atom stereocenters. The first-order valence-corrected chi connectivity index (χ1v) is 13.9. The number of carbonyl (C=O) groups is 2. The fourth-order valence-corrected chi connectivity index (χ4v) is 5.49. The summed E-state index contributed by atoms with van der Waals surface area (Å²) in [6.45, 7) is 6.66. The van der Waals surface area contributed by atoms with Gasteiger partial charge in [-0.25, -0.2) is 0 Å². The lowest BCUT2D eigenvalue weighted by atomic mass is 10.0.